The number of hydrogen-bond acceptors (Lipinski definition) is 8. The lowest BCUT2D eigenvalue weighted by molar-refractivity contribution is 0.0923. The number of rotatable bonds is 12. The smallest absolute Gasteiger partial charge is 0.244 e. The van der Waals surface area contributed by atoms with Gasteiger partial charge < -0.3 is 18.9 Å². The Morgan fingerprint density at radius 1 is 0.766 bits per heavy atom. The monoisotopic (exact) mass is 647 g/mol. The molecule has 0 unspecified atom stereocenters. The summed E-state index contributed by atoms with van der Waals surface area (Å²) >= 11 is 1.68. The number of carbonyl (C=O) groups is 1. The van der Waals surface area contributed by atoms with Crippen molar-refractivity contribution in [2.75, 3.05) is 27.4 Å². The first-order valence-corrected chi connectivity index (χ1v) is 16.3. The molecule has 240 valence electrons. The number of carbonyl (C=O) groups excluding carboxylic acids is 1. The molecule has 6 aromatic rings. The van der Waals surface area contributed by atoms with Gasteiger partial charge in [-0.2, -0.15) is 9.78 Å². The molecule has 0 fully saturated rings. The largest absolute Gasteiger partial charge is 0.496 e. The molecule has 0 N–H and O–H groups in total. The quantitative estimate of drug-likeness (QED) is 0.123. The van der Waals surface area contributed by atoms with Crippen molar-refractivity contribution in [1.29, 1.82) is 0 Å². The summed E-state index contributed by atoms with van der Waals surface area (Å²) in [7, 11) is 3.27. The number of unbranched alkanes of at least 4 members (excludes halogenated alkanes) is 1. The zero-order valence-corrected chi connectivity index (χ0v) is 28.0. The molecular weight excluding hydrogens is 611 g/mol. The zero-order valence-electron chi connectivity index (χ0n) is 27.2. The summed E-state index contributed by atoms with van der Waals surface area (Å²) in [6.07, 6.45) is 1.60. The standard InChI is InChI=1S/C38H37N3O5S/c1-24-19-29(22-35(44-5)25(24)2)32-23-33(41(40-32)26(3)42)27-15-16-34(43-4)36(21-27)46-18-9-8-17-45-30-12-10-11-28(20-30)38-39-31-13-6-7-14-37(31)47-38/h6-7,10-16,19-23H,8-9,17-18H2,1-5H3. The molecule has 0 aliphatic rings. The first-order valence-electron chi connectivity index (χ1n) is 15.5. The van der Waals surface area contributed by atoms with Gasteiger partial charge in [-0.25, -0.2) is 4.98 Å². The van der Waals surface area contributed by atoms with Crippen LogP contribution in [0.25, 0.3) is 43.3 Å². The fraction of sp³-hybridized carbons (Fsp3) is 0.237. The third kappa shape index (κ3) is 7.00. The topological polar surface area (TPSA) is 84.7 Å². The molecule has 0 bridgehead atoms. The van der Waals surface area contributed by atoms with Crippen molar-refractivity contribution in [1.82, 2.24) is 14.8 Å². The number of aromatic nitrogens is 3. The summed E-state index contributed by atoms with van der Waals surface area (Å²) in [5.74, 6) is 2.62. The predicted molar refractivity (Wildman–Crippen MR) is 187 cm³/mol. The molecule has 0 saturated heterocycles. The molecule has 47 heavy (non-hydrogen) atoms. The van der Waals surface area contributed by atoms with Gasteiger partial charge in [0, 0.05) is 23.6 Å². The van der Waals surface area contributed by atoms with E-state index in [4.69, 9.17) is 23.9 Å². The fourth-order valence-electron chi connectivity index (χ4n) is 5.39. The Balaban J connectivity index is 1.10. The predicted octanol–water partition coefficient (Wildman–Crippen LogP) is 9.03. The normalized spacial score (nSPS) is 11.1. The molecule has 9 heteroatoms. The number of hydrogen-bond donors (Lipinski definition) is 0. The van der Waals surface area contributed by atoms with E-state index >= 15 is 0 Å². The maximum Gasteiger partial charge on any atom is 0.244 e. The molecule has 0 saturated carbocycles. The molecule has 0 spiro atoms. The van der Waals surface area contributed by atoms with Crippen molar-refractivity contribution in [3.63, 3.8) is 0 Å². The molecule has 0 radical (unpaired) electrons. The van der Waals surface area contributed by atoms with Gasteiger partial charge in [0.1, 0.15) is 16.5 Å². The van der Waals surface area contributed by atoms with Gasteiger partial charge in [-0.05, 0) is 98.5 Å². The van der Waals surface area contributed by atoms with E-state index in [0.29, 0.717) is 36.1 Å². The Morgan fingerprint density at radius 3 is 2.30 bits per heavy atom. The summed E-state index contributed by atoms with van der Waals surface area (Å²) in [4.78, 5) is 17.4. The minimum Gasteiger partial charge on any atom is -0.496 e. The number of fused-ring (bicyclic) bond motifs is 1. The van der Waals surface area contributed by atoms with E-state index in [1.807, 2.05) is 80.6 Å². The molecule has 2 aromatic heterocycles. The van der Waals surface area contributed by atoms with Crippen molar-refractivity contribution in [2.45, 2.75) is 33.6 Å². The van der Waals surface area contributed by atoms with E-state index in [2.05, 4.69) is 23.3 Å². The second-order valence-electron chi connectivity index (χ2n) is 11.3. The molecule has 0 atom stereocenters. The maximum absolute atomic E-state index is 12.6. The number of methoxy groups -OCH3 is 2. The van der Waals surface area contributed by atoms with E-state index in [1.165, 1.54) is 16.3 Å². The van der Waals surface area contributed by atoms with Gasteiger partial charge in [-0.1, -0.05) is 24.3 Å². The first-order chi connectivity index (χ1) is 22.8. The van der Waals surface area contributed by atoms with Gasteiger partial charge in [0.2, 0.25) is 5.91 Å². The second-order valence-corrected chi connectivity index (χ2v) is 12.3. The minimum atomic E-state index is -0.189. The van der Waals surface area contributed by atoms with Gasteiger partial charge in [-0.15, -0.1) is 11.3 Å². The molecular formula is C38H37N3O5S. The van der Waals surface area contributed by atoms with Crippen LogP contribution in [0.15, 0.2) is 84.9 Å². The third-order valence-corrected chi connectivity index (χ3v) is 9.13. The summed E-state index contributed by atoms with van der Waals surface area (Å²) < 4.78 is 26.0. The average molecular weight is 648 g/mol. The van der Waals surface area contributed by atoms with Crippen molar-refractivity contribution < 1.29 is 23.7 Å². The molecule has 6 rings (SSSR count). The van der Waals surface area contributed by atoms with Gasteiger partial charge >= 0.3 is 0 Å². The van der Waals surface area contributed by atoms with Crippen LogP contribution in [0.1, 0.15) is 35.7 Å². The SMILES string of the molecule is COc1ccc(-c2cc(-c3cc(C)c(C)c(OC)c3)nn2C(C)=O)cc1OCCCCOc1cccc(-c2nc3ccccc3s2)c1. The number of thiazole rings is 1. The molecule has 0 amide bonds. The van der Waals surface area contributed by atoms with Crippen LogP contribution >= 0.6 is 11.3 Å². The Hall–Kier alpha value is -5.15. The Bertz CT molecular complexity index is 2010. The van der Waals surface area contributed by atoms with Gasteiger partial charge in [0.05, 0.1) is 49.0 Å². The summed E-state index contributed by atoms with van der Waals surface area (Å²) in [6.45, 7) is 6.60. The summed E-state index contributed by atoms with van der Waals surface area (Å²) in [5.41, 5.74) is 7.23. The lowest BCUT2D eigenvalue weighted by atomic mass is 10.0. The number of benzene rings is 4. The first kappa shape index (κ1) is 31.8. The lowest BCUT2D eigenvalue weighted by Gasteiger charge is -2.13. The van der Waals surface area contributed by atoms with Gasteiger partial charge in [0.25, 0.3) is 0 Å². The van der Waals surface area contributed by atoms with Crippen LogP contribution in [-0.2, 0) is 0 Å². The highest BCUT2D eigenvalue weighted by atomic mass is 32.1. The van der Waals surface area contributed by atoms with Crippen LogP contribution < -0.4 is 18.9 Å². The number of ether oxygens (including phenoxy) is 4. The molecule has 0 aliphatic carbocycles. The van der Waals surface area contributed by atoms with Crippen molar-refractivity contribution in [3.05, 3.63) is 96.1 Å². The van der Waals surface area contributed by atoms with E-state index in [9.17, 15) is 4.79 Å². The lowest BCUT2D eigenvalue weighted by Crippen LogP contribution is -2.09. The minimum absolute atomic E-state index is 0.189. The van der Waals surface area contributed by atoms with E-state index in [0.717, 1.165) is 62.7 Å². The van der Waals surface area contributed by atoms with Crippen LogP contribution in [0, 0.1) is 13.8 Å². The second kappa shape index (κ2) is 14.1. The highest BCUT2D eigenvalue weighted by molar-refractivity contribution is 7.21. The Morgan fingerprint density at radius 2 is 1.53 bits per heavy atom. The third-order valence-electron chi connectivity index (χ3n) is 8.04. The highest BCUT2D eigenvalue weighted by Crippen LogP contribution is 2.36. The number of aryl methyl sites for hydroxylation is 1. The molecule has 4 aromatic carbocycles. The van der Waals surface area contributed by atoms with Crippen LogP contribution in [0.2, 0.25) is 0 Å². The zero-order chi connectivity index (χ0) is 32.9. The summed E-state index contributed by atoms with van der Waals surface area (Å²) in [6, 6.07) is 27.8. The van der Waals surface area contributed by atoms with Crippen LogP contribution in [-0.4, -0.2) is 48.1 Å². The van der Waals surface area contributed by atoms with E-state index in [1.54, 1.807) is 25.6 Å². The number of nitrogens with zero attached hydrogens (tertiary/aromatic N) is 3. The summed E-state index contributed by atoms with van der Waals surface area (Å²) in [5, 5.41) is 5.63. The highest BCUT2D eigenvalue weighted by Gasteiger charge is 2.18. The average Bonchev–Trinajstić information content (AvgIpc) is 3.73. The fourth-order valence-corrected chi connectivity index (χ4v) is 6.36. The van der Waals surface area contributed by atoms with Crippen LogP contribution in [0.3, 0.4) is 0 Å². The van der Waals surface area contributed by atoms with Gasteiger partial charge in [0.15, 0.2) is 11.5 Å². The van der Waals surface area contributed by atoms with E-state index < -0.39 is 0 Å². The van der Waals surface area contributed by atoms with Crippen molar-refractivity contribution in [3.8, 4) is 56.1 Å². The molecule has 8 nitrogen and oxygen atoms in total. The van der Waals surface area contributed by atoms with E-state index in [-0.39, 0.29) is 5.91 Å². The van der Waals surface area contributed by atoms with Crippen molar-refractivity contribution >= 4 is 27.5 Å². The maximum atomic E-state index is 12.6. The van der Waals surface area contributed by atoms with Gasteiger partial charge in [-0.3, -0.25) is 4.79 Å². The Kier molecular flexibility index (Phi) is 9.54. The molecule has 2 heterocycles. The van der Waals surface area contributed by atoms with Crippen LogP contribution in [0.4, 0.5) is 0 Å². The van der Waals surface area contributed by atoms with Crippen LogP contribution in [0.5, 0.6) is 23.0 Å². The molecule has 0 aliphatic heterocycles. The Labute approximate surface area is 278 Å². The number of para-hydroxylation sites is 1. The van der Waals surface area contributed by atoms with Crippen molar-refractivity contribution in [2.24, 2.45) is 0 Å².